The number of piperidine rings is 2. The molecule has 218 valence electrons. The average Bonchev–Trinajstić information content (AvgIpc) is 2.80. The molecular weight excluding hydrogens is 530 g/mol. The number of hydrogen-bond acceptors (Lipinski definition) is 2. The van der Waals surface area contributed by atoms with Gasteiger partial charge in [0.2, 0.25) is 0 Å². The Labute approximate surface area is 243 Å². The smallest absolute Gasteiger partial charge is 0.0774 e. The quantitative estimate of drug-likeness (QED) is 0.254. The number of benzene rings is 1. The summed E-state index contributed by atoms with van der Waals surface area (Å²) in [5.74, 6) is 0. The van der Waals surface area contributed by atoms with Crippen molar-refractivity contribution in [2.24, 2.45) is 10.8 Å². The zero-order chi connectivity index (χ0) is 28.7. The lowest BCUT2D eigenvalue weighted by molar-refractivity contribution is 0.139. The van der Waals surface area contributed by atoms with Crippen LogP contribution in [0.5, 0.6) is 0 Å². The van der Waals surface area contributed by atoms with E-state index < -0.39 is 16.1 Å². The molecule has 2 saturated heterocycles. The van der Waals surface area contributed by atoms with E-state index in [1.807, 2.05) is 0 Å². The Kier molecular flexibility index (Phi) is 10.4. The van der Waals surface area contributed by atoms with Gasteiger partial charge in [-0.25, -0.2) is 0 Å². The SMILES string of the molecule is CC(C)(C)C(P)(c1cc([Si](C)(C)C)c([Si](C)(C)C)cc1CP(C1CCCNC1)C1CCCNC1)C(C)(C)C. The van der Waals surface area contributed by atoms with Gasteiger partial charge >= 0.3 is 0 Å². The van der Waals surface area contributed by atoms with Crippen LogP contribution in [0, 0.1) is 10.8 Å². The number of hydrogen-bond donors (Lipinski definition) is 2. The molecule has 0 saturated carbocycles. The molecule has 0 bridgehead atoms. The first-order chi connectivity index (χ1) is 17.3. The topological polar surface area (TPSA) is 24.1 Å². The van der Waals surface area contributed by atoms with Gasteiger partial charge in [-0.1, -0.05) is 111 Å². The molecule has 2 aliphatic heterocycles. The first-order valence-electron chi connectivity index (χ1n) is 15.4. The van der Waals surface area contributed by atoms with Crippen LogP contribution in [0.2, 0.25) is 39.3 Å². The Balaban J connectivity index is 2.31. The third-order valence-corrected chi connectivity index (χ3v) is 19.3. The third kappa shape index (κ3) is 7.07. The molecular formula is C32H62N2P2Si2. The van der Waals surface area contributed by atoms with Gasteiger partial charge in [-0.05, 0) is 78.2 Å². The molecule has 6 heteroatoms. The Hall–Kier alpha value is 0.434. The van der Waals surface area contributed by atoms with E-state index in [0.29, 0.717) is 0 Å². The summed E-state index contributed by atoms with van der Waals surface area (Å²) in [6.07, 6.45) is 6.84. The summed E-state index contributed by atoms with van der Waals surface area (Å²) in [5, 5.41) is 11.1. The van der Waals surface area contributed by atoms with Gasteiger partial charge in [0.25, 0.3) is 0 Å². The van der Waals surface area contributed by atoms with Crippen molar-refractivity contribution in [2.45, 2.75) is 129 Å². The third-order valence-electron chi connectivity index (χ3n) is 9.48. The van der Waals surface area contributed by atoms with E-state index in [1.165, 1.54) is 58.0 Å². The molecule has 1 aromatic rings. The van der Waals surface area contributed by atoms with Crippen LogP contribution >= 0.6 is 17.2 Å². The van der Waals surface area contributed by atoms with E-state index in [4.69, 9.17) is 0 Å². The van der Waals surface area contributed by atoms with Gasteiger partial charge in [-0.2, -0.15) is 0 Å². The van der Waals surface area contributed by atoms with E-state index >= 15 is 0 Å². The van der Waals surface area contributed by atoms with Crippen molar-refractivity contribution >= 4 is 43.7 Å². The Morgan fingerprint density at radius 3 is 1.53 bits per heavy atom. The van der Waals surface area contributed by atoms with E-state index in [-0.39, 0.29) is 23.9 Å². The summed E-state index contributed by atoms with van der Waals surface area (Å²) in [6.45, 7) is 35.2. The first-order valence-corrected chi connectivity index (χ1v) is 24.7. The number of nitrogens with one attached hydrogen (secondary N) is 2. The molecule has 1 aromatic carbocycles. The predicted molar refractivity (Wildman–Crippen MR) is 185 cm³/mol. The van der Waals surface area contributed by atoms with Crippen molar-refractivity contribution in [1.82, 2.24) is 10.6 Å². The van der Waals surface area contributed by atoms with Crippen molar-refractivity contribution in [1.29, 1.82) is 0 Å². The van der Waals surface area contributed by atoms with Crippen molar-refractivity contribution in [3.05, 3.63) is 23.3 Å². The highest BCUT2D eigenvalue weighted by molar-refractivity contribution is 7.58. The van der Waals surface area contributed by atoms with Crippen LogP contribution in [-0.4, -0.2) is 53.6 Å². The minimum absolute atomic E-state index is 0.00165. The molecule has 0 spiro atoms. The lowest BCUT2D eigenvalue weighted by Gasteiger charge is -2.53. The molecule has 2 nitrogen and oxygen atoms in total. The highest BCUT2D eigenvalue weighted by atomic mass is 31.1. The van der Waals surface area contributed by atoms with Crippen molar-refractivity contribution < 1.29 is 0 Å². The van der Waals surface area contributed by atoms with E-state index in [9.17, 15) is 0 Å². The van der Waals surface area contributed by atoms with E-state index in [2.05, 4.69) is 113 Å². The van der Waals surface area contributed by atoms with Crippen LogP contribution in [-0.2, 0) is 11.3 Å². The Morgan fingerprint density at radius 1 is 0.763 bits per heavy atom. The molecule has 0 radical (unpaired) electrons. The maximum Gasteiger partial charge on any atom is 0.0774 e. The van der Waals surface area contributed by atoms with Gasteiger partial charge in [-0.3, -0.25) is 0 Å². The van der Waals surface area contributed by atoms with Gasteiger partial charge < -0.3 is 10.6 Å². The minimum atomic E-state index is -1.53. The van der Waals surface area contributed by atoms with Gasteiger partial charge in [0.15, 0.2) is 0 Å². The summed E-state index contributed by atoms with van der Waals surface area (Å²) >= 11 is 0. The van der Waals surface area contributed by atoms with E-state index in [0.717, 1.165) is 11.3 Å². The fraction of sp³-hybridized carbons (Fsp3) is 0.812. The standard InChI is InChI=1S/C32H62N2P2Si2/c1-30(2,3)32(35,31(4,5)6)27-20-29(38(10,11)12)28(37(7,8)9)19-24(27)23-36(25-15-13-17-33-21-25)26-16-14-18-34-22-26/h19-20,25-26,33-34H,13-18,21-23,35H2,1-12H3. The summed E-state index contributed by atoms with van der Waals surface area (Å²) < 4.78 is 0. The molecule has 0 aliphatic carbocycles. The molecule has 2 aliphatic rings. The van der Waals surface area contributed by atoms with E-state index in [1.54, 1.807) is 21.5 Å². The second-order valence-corrected chi connectivity index (χ2v) is 30.3. The maximum absolute atomic E-state index is 3.80. The lowest BCUT2D eigenvalue weighted by Crippen LogP contribution is -2.57. The molecule has 0 amide bonds. The van der Waals surface area contributed by atoms with Crippen LogP contribution in [0.25, 0.3) is 0 Å². The van der Waals surface area contributed by atoms with Crippen LogP contribution in [0.4, 0.5) is 0 Å². The predicted octanol–water partition coefficient (Wildman–Crippen LogP) is 7.43. The summed E-state index contributed by atoms with van der Waals surface area (Å²) in [7, 11) is 0.327. The monoisotopic (exact) mass is 592 g/mol. The highest BCUT2D eigenvalue weighted by Gasteiger charge is 2.50. The summed E-state index contributed by atoms with van der Waals surface area (Å²) in [5.41, 5.74) is 5.32. The lowest BCUT2D eigenvalue weighted by atomic mass is 9.62. The van der Waals surface area contributed by atoms with Gasteiger partial charge in [-0.15, -0.1) is 9.24 Å². The van der Waals surface area contributed by atoms with Crippen LogP contribution in [0.3, 0.4) is 0 Å². The van der Waals surface area contributed by atoms with Crippen LogP contribution < -0.4 is 21.0 Å². The molecule has 0 aromatic heterocycles. The van der Waals surface area contributed by atoms with Crippen molar-refractivity contribution in [3.8, 4) is 0 Å². The molecule has 2 heterocycles. The fourth-order valence-corrected chi connectivity index (χ4v) is 16.3. The molecule has 3 rings (SSSR count). The maximum atomic E-state index is 3.80. The largest absolute Gasteiger partial charge is 0.316 e. The van der Waals surface area contributed by atoms with Gasteiger partial charge in [0.1, 0.15) is 0 Å². The van der Waals surface area contributed by atoms with Gasteiger partial charge in [0.05, 0.1) is 16.1 Å². The summed E-state index contributed by atoms with van der Waals surface area (Å²) in [4.78, 5) is 0. The molecule has 3 unspecified atom stereocenters. The minimum Gasteiger partial charge on any atom is -0.316 e. The first kappa shape index (κ1) is 32.9. The molecule has 2 N–H and O–H groups in total. The fourth-order valence-electron chi connectivity index (χ4n) is 7.30. The van der Waals surface area contributed by atoms with Crippen molar-refractivity contribution in [2.75, 3.05) is 26.2 Å². The van der Waals surface area contributed by atoms with Crippen LogP contribution in [0.15, 0.2) is 12.1 Å². The normalized spacial score (nSPS) is 23.4. The van der Waals surface area contributed by atoms with Gasteiger partial charge in [0, 0.05) is 18.2 Å². The highest BCUT2D eigenvalue weighted by Crippen LogP contribution is 2.61. The summed E-state index contributed by atoms with van der Waals surface area (Å²) in [6, 6.07) is 5.58. The Bertz CT molecular complexity index is 906. The zero-order valence-electron chi connectivity index (χ0n) is 27.2. The van der Waals surface area contributed by atoms with Crippen LogP contribution in [0.1, 0.15) is 78.4 Å². The number of rotatable bonds is 7. The molecule has 38 heavy (non-hydrogen) atoms. The zero-order valence-corrected chi connectivity index (χ0v) is 31.2. The average molecular weight is 593 g/mol. The Morgan fingerprint density at radius 2 is 1.18 bits per heavy atom. The second-order valence-electron chi connectivity index (χ2n) is 16.5. The molecule has 3 atom stereocenters. The second kappa shape index (κ2) is 12.0. The molecule has 2 fully saturated rings. The van der Waals surface area contributed by atoms with Crippen molar-refractivity contribution in [3.63, 3.8) is 0 Å².